The fourth-order valence-corrected chi connectivity index (χ4v) is 3.45. The van der Waals surface area contributed by atoms with Gasteiger partial charge in [-0.25, -0.2) is 8.42 Å². The zero-order valence-corrected chi connectivity index (χ0v) is 11.6. The lowest BCUT2D eigenvalue weighted by atomic mass is 9.91. The molecule has 1 rings (SSSR count). The number of ether oxygens (including phenoxy) is 1. The molecule has 0 bridgehead atoms. The largest absolute Gasteiger partial charge is 0.390 e. The monoisotopic (exact) mass is 264 g/mol. The second-order valence-corrected chi connectivity index (χ2v) is 7.34. The van der Waals surface area contributed by atoms with E-state index in [0.717, 1.165) is 25.7 Å². The molecule has 0 amide bonds. The van der Waals surface area contributed by atoms with Gasteiger partial charge in [-0.15, -0.1) is 0 Å². The van der Waals surface area contributed by atoms with Gasteiger partial charge in [0.25, 0.3) is 0 Å². The molecule has 1 aliphatic carbocycles. The summed E-state index contributed by atoms with van der Waals surface area (Å²) in [6.45, 7) is 1.65. The van der Waals surface area contributed by atoms with E-state index in [1.807, 2.05) is 0 Å². The van der Waals surface area contributed by atoms with E-state index in [-0.39, 0.29) is 11.5 Å². The Labute approximate surface area is 104 Å². The standard InChI is InChI=1S/C12H24O4S/c1-3-17(14,15)10-6-7-11(13)12(16-2)8-4-5-9-12/h11,13H,3-10H2,1-2H3. The van der Waals surface area contributed by atoms with E-state index in [9.17, 15) is 13.5 Å². The second kappa shape index (κ2) is 6.16. The predicted octanol–water partition coefficient (Wildman–Crippen LogP) is 1.52. The number of sulfone groups is 1. The molecule has 1 atom stereocenters. The van der Waals surface area contributed by atoms with Crippen LogP contribution in [0.5, 0.6) is 0 Å². The number of methoxy groups -OCH3 is 1. The van der Waals surface area contributed by atoms with Gasteiger partial charge in [0.1, 0.15) is 9.84 Å². The highest BCUT2D eigenvalue weighted by atomic mass is 32.2. The number of aliphatic hydroxyl groups is 1. The average Bonchev–Trinajstić information content (AvgIpc) is 2.78. The van der Waals surface area contributed by atoms with Gasteiger partial charge in [-0.3, -0.25) is 0 Å². The SMILES string of the molecule is CCS(=O)(=O)CCCC(O)C1(OC)CCCC1. The Morgan fingerprint density at radius 1 is 1.35 bits per heavy atom. The first-order valence-corrected chi connectivity index (χ1v) is 8.21. The fraction of sp³-hybridized carbons (Fsp3) is 1.00. The predicted molar refractivity (Wildman–Crippen MR) is 67.8 cm³/mol. The van der Waals surface area contributed by atoms with E-state index in [1.54, 1.807) is 14.0 Å². The van der Waals surface area contributed by atoms with Crippen LogP contribution in [0.2, 0.25) is 0 Å². The molecule has 0 spiro atoms. The van der Waals surface area contributed by atoms with Crippen LogP contribution in [0.1, 0.15) is 45.4 Å². The topological polar surface area (TPSA) is 63.6 Å². The van der Waals surface area contributed by atoms with Crippen molar-refractivity contribution < 1.29 is 18.3 Å². The zero-order chi connectivity index (χ0) is 12.9. The zero-order valence-electron chi connectivity index (χ0n) is 10.8. The lowest BCUT2D eigenvalue weighted by molar-refractivity contribution is -0.100. The van der Waals surface area contributed by atoms with E-state index in [4.69, 9.17) is 4.74 Å². The van der Waals surface area contributed by atoms with Crippen molar-refractivity contribution in [2.24, 2.45) is 0 Å². The van der Waals surface area contributed by atoms with Crippen molar-refractivity contribution in [1.82, 2.24) is 0 Å². The molecule has 1 unspecified atom stereocenters. The summed E-state index contributed by atoms with van der Waals surface area (Å²) < 4.78 is 28.1. The summed E-state index contributed by atoms with van der Waals surface area (Å²) in [5.74, 6) is 0.346. The summed E-state index contributed by atoms with van der Waals surface area (Å²) in [4.78, 5) is 0. The van der Waals surface area contributed by atoms with Gasteiger partial charge >= 0.3 is 0 Å². The molecule has 0 radical (unpaired) electrons. The van der Waals surface area contributed by atoms with Crippen molar-refractivity contribution in [3.05, 3.63) is 0 Å². The summed E-state index contributed by atoms with van der Waals surface area (Å²) >= 11 is 0. The molecule has 1 aliphatic rings. The molecule has 1 saturated carbocycles. The minimum Gasteiger partial charge on any atom is -0.390 e. The number of hydrogen-bond acceptors (Lipinski definition) is 4. The Kier molecular flexibility index (Phi) is 5.41. The third kappa shape index (κ3) is 3.93. The first-order chi connectivity index (χ1) is 7.96. The van der Waals surface area contributed by atoms with Gasteiger partial charge in [0.2, 0.25) is 0 Å². The van der Waals surface area contributed by atoms with Gasteiger partial charge in [0, 0.05) is 12.9 Å². The van der Waals surface area contributed by atoms with Crippen molar-refractivity contribution in [2.75, 3.05) is 18.6 Å². The molecule has 0 heterocycles. The fourth-order valence-electron chi connectivity index (χ4n) is 2.55. The van der Waals surface area contributed by atoms with E-state index in [2.05, 4.69) is 0 Å². The summed E-state index contributed by atoms with van der Waals surface area (Å²) in [5.41, 5.74) is -0.421. The highest BCUT2D eigenvalue weighted by Crippen LogP contribution is 2.37. The van der Waals surface area contributed by atoms with Crippen LogP contribution in [-0.2, 0) is 14.6 Å². The molecule has 5 heteroatoms. The number of aliphatic hydroxyl groups excluding tert-OH is 1. The van der Waals surface area contributed by atoms with Crippen LogP contribution < -0.4 is 0 Å². The van der Waals surface area contributed by atoms with Crippen LogP contribution in [0.25, 0.3) is 0 Å². The van der Waals surface area contributed by atoms with Crippen molar-refractivity contribution >= 4 is 9.84 Å². The summed E-state index contributed by atoms with van der Waals surface area (Å²) in [6, 6.07) is 0. The maximum atomic E-state index is 11.3. The molecular formula is C12H24O4S. The quantitative estimate of drug-likeness (QED) is 0.757. The van der Waals surface area contributed by atoms with Gasteiger partial charge in [-0.1, -0.05) is 19.8 Å². The average molecular weight is 264 g/mol. The normalized spacial score (nSPS) is 21.6. The molecule has 1 fully saturated rings. The third-order valence-electron chi connectivity index (χ3n) is 3.84. The summed E-state index contributed by atoms with van der Waals surface area (Å²) in [5, 5.41) is 10.1. The summed E-state index contributed by atoms with van der Waals surface area (Å²) in [6.07, 6.45) is 4.41. The van der Waals surface area contributed by atoms with Crippen molar-refractivity contribution in [2.45, 2.75) is 57.2 Å². The van der Waals surface area contributed by atoms with E-state index in [0.29, 0.717) is 12.8 Å². The van der Waals surface area contributed by atoms with Crippen molar-refractivity contribution in [3.63, 3.8) is 0 Å². The molecule has 0 aromatic rings. The van der Waals surface area contributed by atoms with Crippen molar-refractivity contribution in [3.8, 4) is 0 Å². The Bertz CT molecular complexity index is 317. The van der Waals surface area contributed by atoms with Crippen LogP contribution in [0.15, 0.2) is 0 Å². The minimum absolute atomic E-state index is 0.167. The van der Waals surface area contributed by atoms with Crippen LogP contribution in [0.3, 0.4) is 0 Å². The van der Waals surface area contributed by atoms with Crippen LogP contribution >= 0.6 is 0 Å². The van der Waals surface area contributed by atoms with Gasteiger partial charge < -0.3 is 9.84 Å². The number of rotatable bonds is 7. The van der Waals surface area contributed by atoms with Gasteiger partial charge in [0.05, 0.1) is 17.5 Å². The van der Waals surface area contributed by atoms with E-state index < -0.39 is 21.5 Å². The van der Waals surface area contributed by atoms with Gasteiger partial charge in [0.15, 0.2) is 0 Å². The lowest BCUT2D eigenvalue weighted by Gasteiger charge is -2.32. The molecule has 0 saturated heterocycles. The highest BCUT2D eigenvalue weighted by molar-refractivity contribution is 7.91. The second-order valence-electron chi connectivity index (χ2n) is 4.87. The first-order valence-electron chi connectivity index (χ1n) is 6.39. The molecule has 0 aromatic heterocycles. The maximum absolute atomic E-state index is 11.3. The molecule has 102 valence electrons. The molecule has 4 nitrogen and oxygen atoms in total. The molecular weight excluding hydrogens is 240 g/mol. The lowest BCUT2D eigenvalue weighted by Crippen LogP contribution is -2.41. The van der Waals surface area contributed by atoms with Gasteiger partial charge in [-0.05, 0) is 25.7 Å². The minimum atomic E-state index is -2.92. The highest BCUT2D eigenvalue weighted by Gasteiger charge is 2.40. The first kappa shape index (κ1) is 14.9. The smallest absolute Gasteiger partial charge is 0.150 e. The third-order valence-corrected chi connectivity index (χ3v) is 5.63. The molecule has 0 aliphatic heterocycles. The van der Waals surface area contributed by atoms with Gasteiger partial charge in [-0.2, -0.15) is 0 Å². The molecule has 0 aromatic carbocycles. The van der Waals surface area contributed by atoms with E-state index >= 15 is 0 Å². The Morgan fingerprint density at radius 2 is 1.94 bits per heavy atom. The van der Waals surface area contributed by atoms with Crippen LogP contribution in [0, 0.1) is 0 Å². The number of hydrogen-bond donors (Lipinski definition) is 1. The Balaban J connectivity index is 2.41. The van der Waals surface area contributed by atoms with Crippen molar-refractivity contribution in [1.29, 1.82) is 0 Å². The molecule has 17 heavy (non-hydrogen) atoms. The molecule has 1 N–H and O–H groups in total. The van der Waals surface area contributed by atoms with E-state index in [1.165, 1.54) is 0 Å². The van der Waals surface area contributed by atoms with Crippen LogP contribution in [-0.4, -0.2) is 43.8 Å². The van der Waals surface area contributed by atoms with Crippen LogP contribution in [0.4, 0.5) is 0 Å². The Hall–Kier alpha value is -0.130. The Morgan fingerprint density at radius 3 is 2.41 bits per heavy atom. The maximum Gasteiger partial charge on any atom is 0.150 e. The summed E-state index contributed by atoms with van der Waals surface area (Å²) in [7, 11) is -1.28.